The summed E-state index contributed by atoms with van der Waals surface area (Å²) in [6.45, 7) is 0.879. The number of esters is 1. The van der Waals surface area contributed by atoms with Gasteiger partial charge in [-0.25, -0.2) is 9.59 Å². The Morgan fingerprint density at radius 3 is 2.70 bits per heavy atom. The molecule has 2 aliphatic rings. The van der Waals surface area contributed by atoms with Gasteiger partial charge in [0.05, 0.1) is 43.1 Å². The van der Waals surface area contributed by atoms with E-state index in [2.05, 4.69) is 10.6 Å². The molecule has 1 aromatic carbocycles. The van der Waals surface area contributed by atoms with Crippen molar-refractivity contribution in [3.63, 3.8) is 0 Å². The number of thiophene rings is 1. The fourth-order valence-corrected chi connectivity index (χ4v) is 4.05. The Labute approximate surface area is 159 Å². The first kappa shape index (κ1) is 17.3. The summed E-state index contributed by atoms with van der Waals surface area (Å²) in [5, 5.41) is 7.53. The zero-order chi connectivity index (χ0) is 19.0. The number of ether oxygens (including phenoxy) is 1. The number of methoxy groups -OCH3 is 1. The van der Waals surface area contributed by atoms with Crippen molar-refractivity contribution in [2.75, 3.05) is 13.7 Å². The molecule has 0 fully saturated rings. The molecule has 27 heavy (non-hydrogen) atoms. The van der Waals surface area contributed by atoms with Crippen LogP contribution in [0.25, 0.3) is 0 Å². The summed E-state index contributed by atoms with van der Waals surface area (Å²) in [6, 6.07) is 9.72. The van der Waals surface area contributed by atoms with Gasteiger partial charge in [-0.15, -0.1) is 11.3 Å². The first-order valence-electron chi connectivity index (χ1n) is 8.37. The van der Waals surface area contributed by atoms with E-state index in [1.54, 1.807) is 40.5 Å². The van der Waals surface area contributed by atoms with E-state index >= 15 is 0 Å². The number of carbonyl (C=O) groups is 3. The molecule has 4 rings (SSSR count). The van der Waals surface area contributed by atoms with Crippen LogP contribution in [0, 0.1) is 0 Å². The predicted octanol–water partition coefficient (Wildman–Crippen LogP) is 2.19. The smallest absolute Gasteiger partial charge is 0.337 e. The molecule has 0 bridgehead atoms. The molecule has 1 atom stereocenters. The fraction of sp³-hybridized carbons (Fsp3) is 0.211. The quantitative estimate of drug-likeness (QED) is 0.793. The summed E-state index contributed by atoms with van der Waals surface area (Å²) >= 11 is 1.59. The zero-order valence-corrected chi connectivity index (χ0v) is 15.3. The standard InChI is InChI=1S/C19H17N3O4S/c1-26-18(24)12-6-4-11(5-7-12)16-15-14(20-19(25)21-16)10-22(17(15)23)9-13-3-2-8-27-13/h2-8,16H,9-10H2,1H3,(H2,20,21,25). The number of nitrogens with one attached hydrogen (secondary N) is 2. The maximum Gasteiger partial charge on any atom is 0.337 e. The average molecular weight is 383 g/mol. The minimum absolute atomic E-state index is 0.104. The molecule has 3 heterocycles. The van der Waals surface area contributed by atoms with Crippen molar-refractivity contribution in [2.45, 2.75) is 12.6 Å². The summed E-state index contributed by atoms with van der Waals surface area (Å²) in [4.78, 5) is 39.5. The van der Waals surface area contributed by atoms with E-state index in [1.807, 2.05) is 17.5 Å². The van der Waals surface area contributed by atoms with Crippen molar-refractivity contribution >= 4 is 29.2 Å². The molecule has 8 heteroatoms. The fourth-order valence-electron chi connectivity index (χ4n) is 3.33. The van der Waals surface area contributed by atoms with Crippen molar-refractivity contribution in [1.29, 1.82) is 0 Å². The van der Waals surface area contributed by atoms with Crippen molar-refractivity contribution in [2.24, 2.45) is 0 Å². The Morgan fingerprint density at radius 2 is 2.04 bits per heavy atom. The van der Waals surface area contributed by atoms with Gasteiger partial charge in [-0.3, -0.25) is 4.79 Å². The van der Waals surface area contributed by atoms with E-state index in [1.165, 1.54) is 7.11 Å². The number of hydrogen-bond acceptors (Lipinski definition) is 5. The number of benzene rings is 1. The maximum atomic E-state index is 13.0. The highest BCUT2D eigenvalue weighted by Crippen LogP contribution is 2.33. The highest BCUT2D eigenvalue weighted by Gasteiger charge is 2.40. The van der Waals surface area contributed by atoms with Crippen molar-refractivity contribution in [3.8, 4) is 0 Å². The summed E-state index contributed by atoms with van der Waals surface area (Å²) in [5.41, 5.74) is 2.31. The van der Waals surface area contributed by atoms with Crippen LogP contribution in [0.5, 0.6) is 0 Å². The number of nitrogens with zero attached hydrogens (tertiary/aromatic N) is 1. The zero-order valence-electron chi connectivity index (χ0n) is 14.5. The van der Waals surface area contributed by atoms with E-state index in [-0.39, 0.29) is 11.9 Å². The van der Waals surface area contributed by atoms with Crippen LogP contribution in [-0.4, -0.2) is 36.5 Å². The first-order valence-corrected chi connectivity index (χ1v) is 9.25. The largest absolute Gasteiger partial charge is 0.465 e. The number of rotatable bonds is 4. The normalized spacial score (nSPS) is 18.9. The molecule has 0 saturated carbocycles. The lowest BCUT2D eigenvalue weighted by Gasteiger charge is -2.25. The summed E-state index contributed by atoms with van der Waals surface area (Å²) in [6.07, 6.45) is 0. The number of amides is 3. The van der Waals surface area contributed by atoms with Gasteiger partial charge in [0.25, 0.3) is 5.91 Å². The second-order valence-electron chi connectivity index (χ2n) is 6.28. The first-order chi connectivity index (χ1) is 13.1. The van der Waals surface area contributed by atoms with Crippen molar-refractivity contribution in [3.05, 3.63) is 69.1 Å². The van der Waals surface area contributed by atoms with Crippen LogP contribution >= 0.6 is 11.3 Å². The van der Waals surface area contributed by atoms with E-state index in [9.17, 15) is 14.4 Å². The van der Waals surface area contributed by atoms with Gasteiger partial charge in [0.1, 0.15) is 0 Å². The van der Waals surface area contributed by atoms with Gasteiger partial charge >= 0.3 is 12.0 Å². The molecule has 3 amide bonds. The third kappa shape index (κ3) is 3.19. The minimum atomic E-state index is -0.554. The van der Waals surface area contributed by atoms with Crippen LogP contribution in [0.2, 0.25) is 0 Å². The van der Waals surface area contributed by atoms with E-state index in [0.717, 1.165) is 10.4 Å². The summed E-state index contributed by atoms with van der Waals surface area (Å²) in [5.74, 6) is -0.539. The third-order valence-corrected chi connectivity index (χ3v) is 5.47. The van der Waals surface area contributed by atoms with Gasteiger partial charge in [-0.1, -0.05) is 18.2 Å². The molecule has 7 nitrogen and oxygen atoms in total. The second kappa shape index (κ2) is 6.88. The second-order valence-corrected chi connectivity index (χ2v) is 7.31. The predicted molar refractivity (Wildman–Crippen MR) is 99.0 cm³/mol. The summed E-state index contributed by atoms with van der Waals surface area (Å²) in [7, 11) is 1.32. The maximum absolute atomic E-state index is 13.0. The van der Waals surface area contributed by atoms with Crippen LogP contribution < -0.4 is 10.6 Å². The van der Waals surface area contributed by atoms with E-state index in [0.29, 0.717) is 29.9 Å². The van der Waals surface area contributed by atoms with Gasteiger partial charge in [0.15, 0.2) is 0 Å². The molecular formula is C19H17N3O4S. The van der Waals surface area contributed by atoms with Crippen LogP contribution in [-0.2, 0) is 16.1 Å². The SMILES string of the molecule is COC(=O)c1ccc(C2NC(=O)NC3=C2C(=O)N(Cc2cccs2)C3)cc1. The lowest BCUT2D eigenvalue weighted by molar-refractivity contribution is -0.126. The van der Waals surface area contributed by atoms with Crippen LogP contribution in [0.1, 0.15) is 26.8 Å². The topological polar surface area (TPSA) is 87.7 Å². The van der Waals surface area contributed by atoms with Crippen LogP contribution in [0.3, 0.4) is 0 Å². The Kier molecular flexibility index (Phi) is 4.41. The Hall–Kier alpha value is -3.13. The molecule has 2 aromatic rings. The van der Waals surface area contributed by atoms with Gasteiger partial charge in [-0.05, 0) is 29.1 Å². The molecule has 0 spiro atoms. The van der Waals surface area contributed by atoms with Crippen LogP contribution in [0.4, 0.5) is 4.79 Å². The molecule has 2 N–H and O–H groups in total. The molecule has 0 saturated heterocycles. The number of hydrogen-bond donors (Lipinski definition) is 2. The van der Waals surface area contributed by atoms with E-state index in [4.69, 9.17) is 4.74 Å². The molecular weight excluding hydrogens is 366 g/mol. The van der Waals surface area contributed by atoms with Crippen LogP contribution in [0.15, 0.2) is 53.0 Å². The average Bonchev–Trinajstić information content (AvgIpc) is 3.29. The molecule has 138 valence electrons. The third-order valence-electron chi connectivity index (χ3n) is 4.61. The van der Waals surface area contributed by atoms with Gasteiger partial charge < -0.3 is 20.3 Å². The lowest BCUT2D eigenvalue weighted by atomic mass is 9.95. The highest BCUT2D eigenvalue weighted by atomic mass is 32.1. The van der Waals surface area contributed by atoms with Crippen molar-refractivity contribution in [1.82, 2.24) is 15.5 Å². The number of urea groups is 1. The Morgan fingerprint density at radius 1 is 1.26 bits per heavy atom. The molecule has 0 radical (unpaired) electrons. The van der Waals surface area contributed by atoms with Gasteiger partial charge in [0, 0.05) is 4.88 Å². The highest BCUT2D eigenvalue weighted by molar-refractivity contribution is 7.09. The Balaban J connectivity index is 1.61. The molecule has 1 unspecified atom stereocenters. The van der Waals surface area contributed by atoms with E-state index < -0.39 is 12.0 Å². The monoisotopic (exact) mass is 383 g/mol. The Bertz CT molecular complexity index is 934. The molecule has 1 aromatic heterocycles. The van der Waals surface area contributed by atoms with Crippen molar-refractivity contribution < 1.29 is 19.1 Å². The van der Waals surface area contributed by atoms with Gasteiger partial charge in [-0.2, -0.15) is 0 Å². The summed E-state index contributed by atoms with van der Waals surface area (Å²) < 4.78 is 4.70. The number of carbonyl (C=O) groups excluding carboxylic acids is 3. The minimum Gasteiger partial charge on any atom is -0.465 e. The molecule has 2 aliphatic heterocycles. The lowest BCUT2D eigenvalue weighted by Crippen LogP contribution is -2.44. The molecule has 0 aliphatic carbocycles. The van der Waals surface area contributed by atoms with Gasteiger partial charge in [0.2, 0.25) is 0 Å².